The molecule has 0 saturated carbocycles. The van der Waals surface area contributed by atoms with E-state index < -0.39 is 11.7 Å². The van der Waals surface area contributed by atoms with Gasteiger partial charge in [-0.3, -0.25) is 4.79 Å². The van der Waals surface area contributed by atoms with E-state index in [1.54, 1.807) is 19.0 Å². The summed E-state index contributed by atoms with van der Waals surface area (Å²) in [5.41, 5.74) is -0.300. The Hall–Kier alpha value is -1.78. The van der Waals surface area contributed by atoms with E-state index in [0.717, 1.165) is 12.1 Å². The maximum atomic E-state index is 12.5. The Morgan fingerprint density at radius 3 is 2.41 bits per heavy atom. The summed E-state index contributed by atoms with van der Waals surface area (Å²) in [4.78, 5) is 12.4. The molecule has 0 heterocycles. The summed E-state index contributed by atoms with van der Waals surface area (Å²) in [7, 11) is 3.38. The third kappa shape index (κ3) is 3.62. The zero-order valence-electron chi connectivity index (χ0n) is 9.45. The van der Waals surface area contributed by atoms with E-state index in [1.165, 1.54) is 18.3 Å². The fraction of sp³-hybridized carbons (Fsp3) is 0.250. The minimum atomic E-state index is -4.40. The molecule has 17 heavy (non-hydrogen) atoms. The lowest BCUT2D eigenvalue weighted by molar-refractivity contribution is -0.137. The minimum Gasteiger partial charge on any atom is -0.383 e. The molecule has 0 fully saturated rings. The predicted molar refractivity (Wildman–Crippen MR) is 59.2 cm³/mol. The van der Waals surface area contributed by atoms with Crippen molar-refractivity contribution in [3.63, 3.8) is 0 Å². The number of carbonyl (C=O) groups excluding carboxylic acids is 1. The monoisotopic (exact) mass is 243 g/mol. The van der Waals surface area contributed by atoms with Crippen LogP contribution >= 0.6 is 0 Å². The van der Waals surface area contributed by atoms with Crippen molar-refractivity contribution in [2.45, 2.75) is 6.18 Å². The van der Waals surface area contributed by atoms with Gasteiger partial charge in [0.05, 0.1) is 5.56 Å². The summed E-state index contributed by atoms with van der Waals surface area (Å²) in [6.07, 6.45) is -2.39. The Balaban J connectivity index is 3.19. The first-order chi connectivity index (χ1) is 7.84. The van der Waals surface area contributed by atoms with Gasteiger partial charge in [0.2, 0.25) is 0 Å². The molecule has 5 heteroatoms. The quantitative estimate of drug-likeness (QED) is 0.601. The van der Waals surface area contributed by atoms with Crippen LogP contribution in [0.3, 0.4) is 0 Å². The van der Waals surface area contributed by atoms with Crippen molar-refractivity contribution in [2.75, 3.05) is 14.1 Å². The van der Waals surface area contributed by atoms with E-state index >= 15 is 0 Å². The number of carbonyl (C=O) groups is 1. The molecule has 0 aliphatic heterocycles. The van der Waals surface area contributed by atoms with Crippen LogP contribution in [0.4, 0.5) is 13.2 Å². The molecule has 1 aromatic rings. The molecule has 0 unspecified atom stereocenters. The van der Waals surface area contributed by atoms with Gasteiger partial charge in [-0.25, -0.2) is 0 Å². The Labute approximate surface area is 97.3 Å². The van der Waals surface area contributed by atoms with E-state index in [4.69, 9.17) is 0 Å². The van der Waals surface area contributed by atoms with Gasteiger partial charge >= 0.3 is 6.18 Å². The van der Waals surface area contributed by atoms with Gasteiger partial charge in [0.15, 0.2) is 6.29 Å². The number of alkyl halides is 3. The van der Waals surface area contributed by atoms with Gasteiger partial charge in [0, 0.05) is 25.9 Å². The molecular formula is C12H12F3NO. The van der Waals surface area contributed by atoms with Crippen LogP contribution in [-0.4, -0.2) is 25.3 Å². The van der Waals surface area contributed by atoms with Crippen LogP contribution in [0.5, 0.6) is 0 Å². The van der Waals surface area contributed by atoms with Crippen LogP contribution < -0.4 is 0 Å². The molecule has 0 N–H and O–H groups in total. The van der Waals surface area contributed by atoms with Crippen LogP contribution in [0, 0.1) is 0 Å². The average molecular weight is 243 g/mol. The van der Waals surface area contributed by atoms with Crippen molar-refractivity contribution in [3.05, 3.63) is 41.6 Å². The summed E-state index contributed by atoms with van der Waals surface area (Å²) in [6, 6.07) is 4.69. The fourth-order valence-electron chi connectivity index (χ4n) is 1.33. The third-order valence-electron chi connectivity index (χ3n) is 2.05. The Kier molecular flexibility index (Phi) is 3.93. The van der Waals surface area contributed by atoms with Gasteiger partial charge in [-0.15, -0.1) is 0 Å². The second-order valence-electron chi connectivity index (χ2n) is 3.74. The smallest absolute Gasteiger partial charge is 0.383 e. The average Bonchev–Trinajstić information content (AvgIpc) is 2.24. The SMILES string of the molecule is CN(C)/C=C(/C=O)c1cccc(C(F)(F)F)c1. The number of halogens is 3. The lowest BCUT2D eigenvalue weighted by Gasteiger charge is -2.10. The molecule has 92 valence electrons. The van der Waals surface area contributed by atoms with Gasteiger partial charge in [-0.2, -0.15) is 13.2 Å². The summed E-state index contributed by atoms with van der Waals surface area (Å²) >= 11 is 0. The third-order valence-corrected chi connectivity index (χ3v) is 2.05. The van der Waals surface area contributed by atoms with Crippen LogP contribution in [0.1, 0.15) is 11.1 Å². The van der Waals surface area contributed by atoms with Gasteiger partial charge in [0.1, 0.15) is 0 Å². The number of benzene rings is 1. The number of hydrogen-bond donors (Lipinski definition) is 0. The molecule has 0 aromatic heterocycles. The van der Waals surface area contributed by atoms with Crippen LogP contribution in [0.15, 0.2) is 30.5 Å². The van der Waals surface area contributed by atoms with Crippen LogP contribution in [0.25, 0.3) is 5.57 Å². The Bertz CT molecular complexity index is 436. The highest BCUT2D eigenvalue weighted by atomic mass is 19.4. The van der Waals surface area contributed by atoms with Crippen molar-refractivity contribution >= 4 is 11.9 Å². The second kappa shape index (κ2) is 5.03. The first-order valence-electron chi connectivity index (χ1n) is 4.85. The van der Waals surface area contributed by atoms with Crippen molar-refractivity contribution in [3.8, 4) is 0 Å². The molecule has 0 aliphatic carbocycles. The largest absolute Gasteiger partial charge is 0.416 e. The van der Waals surface area contributed by atoms with Gasteiger partial charge in [-0.1, -0.05) is 12.1 Å². The van der Waals surface area contributed by atoms with Crippen molar-refractivity contribution in [1.29, 1.82) is 0 Å². The summed E-state index contributed by atoms with van der Waals surface area (Å²) in [5.74, 6) is 0. The van der Waals surface area contributed by atoms with Gasteiger partial charge in [0.25, 0.3) is 0 Å². The molecule has 1 rings (SSSR count). The molecule has 2 nitrogen and oxygen atoms in total. The normalized spacial score (nSPS) is 12.4. The summed E-state index contributed by atoms with van der Waals surface area (Å²) in [6.45, 7) is 0. The molecule has 0 spiro atoms. The second-order valence-corrected chi connectivity index (χ2v) is 3.74. The maximum absolute atomic E-state index is 12.5. The molecule has 0 radical (unpaired) electrons. The topological polar surface area (TPSA) is 20.3 Å². The molecule has 0 amide bonds. The zero-order chi connectivity index (χ0) is 13.1. The number of aldehydes is 1. The molecule has 0 saturated heterocycles. The fourth-order valence-corrected chi connectivity index (χ4v) is 1.33. The van der Waals surface area contributed by atoms with Crippen molar-refractivity contribution < 1.29 is 18.0 Å². The molecule has 0 atom stereocenters. The van der Waals surface area contributed by atoms with Gasteiger partial charge in [-0.05, 0) is 17.7 Å². The van der Waals surface area contributed by atoms with E-state index in [-0.39, 0.29) is 11.1 Å². The number of allylic oxidation sites excluding steroid dienone is 1. The first kappa shape index (κ1) is 13.3. The Morgan fingerprint density at radius 2 is 1.94 bits per heavy atom. The van der Waals surface area contributed by atoms with Crippen LogP contribution in [0.2, 0.25) is 0 Å². The number of rotatable bonds is 3. The molecular weight excluding hydrogens is 231 g/mol. The Morgan fingerprint density at radius 1 is 1.29 bits per heavy atom. The molecule has 0 bridgehead atoms. The van der Waals surface area contributed by atoms with Crippen LogP contribution in [-0.2, 0) is 11.0 Å². The van der Waals surface area contributed by atoms with Crippen molar-refractivity contribution in [1.82, 2.24) is 4.90 Å². The molecule has 1 aromatic carbocycles. The lowest BCUT2D eigenvalue weighted by Crippen LogP contribution is -2.06. The zero-order valence-corrected chi connectivity index (χ0v) is 9.45. The standard InChI is InChI=1S/C12H12F3NO/c1-16(2)7-10(8-17)9-4-3-5-11(6-9)12(13,14)15/h3-8H,1-2H3/b10-7-. The predicted octanol–water partition coefficient (Wildman–Crippen LogP) is 2.81. The van der Waals surface area contributed by atoms with E-state index in [9.17, 15) is 18.0 Å². The highest BCUT2D eigenvalue weighted by Gasteiger charge is 2.30. The highest BCUT2D eigenvalue weighted by molar-refractivity contribution is 6.06. The number of nitrogens with zero attached hydrogens (tertiary/aromatic N) is 1. The van der Waals surface area contributed by atoms with E-state index in [1.807, 2.05) is 0 Å². The summed E-state index contributed by atoms with van der Waals surface area (Å²) < 4.78 is 37.4. The van der Waals surface area contributed by atoms with E-state index in [2.05, 4.69) is 0 Å². The lowest BCUT2D eigenvalue weighted by atomic mass is 10.0. The maximum Gasteiger partial charge on any atom is 0.416 e. The van der Waals surface area contributed by atoms with E-state index in [0.29, 0.717) is 6.29 Å². The first-order valence-corrected chi connectivity index (χ1v) is 4.85. The molecule has 0 aliphatic rings. The van der Waals surface area contributed by atoms with Gasteiger partial charge < -0.3 is 4.90 Å². The summed E-state index contributed by atoms with van der Waals surface area (Å²) in [5, 5.41) is 0. The number of hydrogen-bond acceptors (Lipinski definition) is 2. The van der Waals surface area contributed by atoms with Crippen molar-refractivity contribution in [2.24, 2.45) is 0 Å². The minimum absolute atomic E-state index is 0.209. The highest BCUT2D eigenvalue weighted by Crippen LogP contribution is 2.30.